The molecule has 0 radical (unpaired) electrons. The summed E-state index contributed by atoms with van der Waals surface area (Å²) in [5, 5.41) is 2.81. The molecular weight excluding hydrogens is 398 g/mol. The van der Waals surface area contributed by atoms with Crippen molar-refractivity contribution in [1.82, 2.24) is 9.47 Å². The summed E-state index contributed by atoms with van der Waals surface area (Å²) < 4.78 is 1.90. The van der Waals surface area contributed by atoms with Crippen LogP contribution in [0.4, 0.5) is 5.69 Å². The van der Waals surface area contributed by atoms with E-state index in [2.05, 4.69) is 40.5 Å². The van der Waals surface area contributed by atoms with E-state index in [9.17, 15) is 9.59 Å². The van der Waals surface area contributed by atoms with E-state index in [0.29, 0.717) is 23.1 Å². The molecule has 1 fully saturated rings. The molecule has 3 aromatic rings. The quantitative estimate of drug-likeness (QED) is 0.643. The predicted octanol–water partition coefficient (Wildman–Crippen LogP) is 4.15. The Hall–Kier alpha value is -3.18. The van der Waals surface area contributed by atoms with Gasteiger partial charge in [-0.2, -0.15) is 0 Å². The number of hydrogen-bond donors (Lipinski definition) is 1. The van der Waals surface area contributed by atoms with E-state index < -0.39 is 0 Å². The Labute approximate surface area is 188 Å². The van der Waals surface area contributed by atoms with Gasteiger partial charge in [0.1, 0.15) is 5.69 Å². The number of carbonyl (C=O) groups excluding carboxylic acids is 1. The van der Waals surface area contributed by atoms with Crippen LogP contribution in [-0.2, 0) is 13.0 Å². The third-order valence-corrected chi connectivity index (χ3v) is 6.75. The maximum Gasteiger partial charge on any atom is 0.274 e. The highest BCUT2D eigenvalue weighted by Crippen LogP contribution is 2.35. The van der Waals surface area contributed by atoms with Crippen molar-refractivity contribution < 1.29 is 4.79 Å². The number of hydrogen-bond acceptors (Lipinski definition) is 3. The van der Waals surface area contributed by atoms with E-state index in [0.717, 1.165) is 51.1 Å². The zero-order valence-corrected chi connectivity index (χ0v) is 18.2. The maximum absolute atomic E-state index is 13.2. The van der Waals surface area contributed by atoms with E-state index in [4.69, 9.17) is 0 Å². The van der Waals surface area contributed by atoms with Crippen molar-refractivity contribution in [3.63, 3.8) is 0 Å². The Morgan fingerprint density at radius 3 is 2.44 bits per heavy atom. The molecule has 1 N–H and O–H groups in total. The number of pyridine rings is 1. The molecule has 2 aromatic carbocycles. The molecule has 0 unspecified atom stereocenters. The van der Waals surface area contributed by atoms with Crippen LogP contribution in [0.1, 0.15) is 40.4 Å². The van der Waals surface area contributed by atoms with Crippen LogP contribution in [0.2, 0.25) is 0 Å². The number of anilines is 1. The maximum atomic E-state index is 13.2. The first-order chi connectivity index (χ1) is 15.7. The van der Waals surface area contributed by atoms with Gasteiger partial charge in [-0.1, -0.05) is 48.5 Å². The predicted molar refractivity (Wildman–Crippen MR) is 127 cm³/mol. The molecule has 5 rings (SSSR count). The van der Waals surface area contributed by atoms with Gasteiger partial charge in [-0.05, 0) is 61.6 Å². The van der Waals surface area contributed by atoms with Crippen LogP contribution in [-0.4, -0.2) is 35.0 Å². The summed E-state index contributed by atoms with van der Waals surface area (Å²) in [4.78, 5) is 28.2. The molecule has 2 bridgehead atoms. The summed E-state index contributed by atoms with van der Waals surface area (Å²) in [7, 11) is 0. The highest BCUT2D eigenvalue weighted by Gasteiger charge is 2.34. The van der Waals surface area contributed by atoms with Gasteiger partial charge in [-0.25, -0.2) is 0 Å². The highest BCUT2D eigenvalue weighted by atomic mass is 16.2. The number of aryl methyl sites for hydroxylation is 1. The Balaban J connectivity index is 1.26. The van der Waals surface area contributed by atoms with Gasteiger partial charge in [-0.15, -0.1) is 0 Å². The summed E-state index contributed by atoms with van der Waals surface area (Å²) in [5.41, 5.74) is 3.34. The number of aromatic nitrogens is 1. The van der Waals surface area contributed by atoms with Crippen LogP contribution in [0.5, 0.6) is 0 Å². The summed E-state index contributed by atoms with van der Waals surface area (Å²) in [6.07, 6.45) is 3.40. The van der Waals surface area contributed by atoms with Crippen LogP contribution in [0.3, 0.4) is 0 Å². The van der Waals surface area contributed by atoms with Gasteiger partial charge in [0.2, 0.25) is 0 Å². The Kier molecular flexibility index (Phi) is 5.91. The average Bonchev–Trinajstić information content (AvgIpc) is 2.82. The molecule has 32 heavy (non-hydrogen) atoms. The molecule has 5 heteroatoms. The monoisotopic (exact) mass is 427 g/mol. The third-order valence-electron chi connectivity index (χ3n) is 6.75. The van der Waals surface area contributed by atoms with Crippen molar-refractivity contribution in [3.8, 4) is 0 Å². The fourth-order valence-electron chi connectivity index (χ4n) is 5.26. The van der Waals surface area contributed by atoms with Gasteiger partial charge in [0.25, 0.3) is 11.5 Å². The van der Waals surface area contributed by atoms with E-state index in [1.165, 1.54) is 5.56 Å². The van der Waals surface area contributed by atoms with Gasteiger partial charge in [0.05, 0.1) is 0 Å². The second-order valence-corrected chi connectivity index (χ2v) is 9.06. The average molecular weight is 428 g/mol. The molecule has 1 amide bonds. The lowest BCUT2D eigenvalue weighted by atomic mass is 9.83. The van der Waals surface area contributed by atoms with E-state index in [1.807, 2.05) is 28.8 Å². The van der Waals surface area contributed by atoms with Gasteiger partial charge >= 0.3 is 0 Å². The molecule has 3 heterocycles. The van der Waals surface area contributed by atoms with Gasteiger partial charge in [-0.3, -0.25) is 9.59 Å². The molecule has 1 aromatic heterocycles. The number of piperidine rings is 1. The minimum absolute atomic E-state index is 0.0843. The number of rotatable bonds is 6. The van der Waals surface area contributed by atoms with Gasteiger partial charge in [0.15, 0.2) is 0 Å². The lowest BCUT2D eigenvalue weighted by molar-refractivity contribution is 0.102. The number of benzene rings is 2. The smallest absolute Gasteiger partial charge is 0.274 e. The molecule has 2 aliphatic heterocycles. The minimum Gasteiger partial charge on any atom is -0.317 e. The van der Waals surface area contributed by atoms with Crippen LogP contribution < -0.4 is 10.9 Å². The number of carbonyl (C=O) groups is 1. The van der Waals surface area contributed by atoms with Crippen LogP contribution in [0, 0.1) is 5.92 Å². The minimum atomic E-state index is -0.246. The number of likely N-dealkylation sites (tertiary alicyclic amines) is 1. The highest BCUT2D eigenvalue weighted by molar-refractivity contribution is 6.04. The molecule has 164 valence electrons. The molecule has 0 aliphatic carbocycles. The molecule has 1 saturated heterocycles. The molecule has 2 atom stereocenters. The van der Waals surface area contributed by atoms with Gasteiger partial charge in [0, 0.05) is 36.8 Å². The fraction of sp³-hybridized carbons (Fsp3) is 0.333. The second-order valence-electron chi connectivity index (χ2n) is 9.06. The number of nitrogens with zero attached hydrogens (tertiary/aromatic N) is 2. The first-order valence-electron chi connectivity index (χ1n) is 11.5. The van der Waals surface area contributed by atoms with E-state index in [1.54, 1.807) is 18.2 Å². The van der Waals surface area contributed by atoms with Crippen molar-refractivity contribution in [2.75, 3.05) is 25.0 Å². The molecule has 2 aliphatic rings. The summed E-state index contributed by atoms with van der Waals surface area (Å²) in [5.74, 6) is 0.616. The van der Waals surface area contributed by atoms with Crippen LogP contribution >= 0.6 is 0 Å². The van der Waals surface area contributed by atoms with Crippen molar-refractivity contribution in [1.29, 1.82) is 0 Å². The van der Waals surface area contributed by atoms with Gasteiger partial charge < -0.3 is 14.8 Å². The van der Waals surface area contributed by atoms with Crippen LogP contribution in [0.25, 0.3) is 0 Å². The molecule has 0 saturated carbocycles. The number of fused-ring (bicyclic) bond motifs is 4. The number of nitrogens with one attached hydrogen (secondary N) is 1. The van der Waals surface area contributed by atoms with Crippen molar-refractivity contribution in [2.24, 2.45) is 5.92 Å². The zero-order chi connectivity index (χ0) is 21.9. The fourth-order valence-corrected chi connectivity index (χ4v) is 5.26. The summed E-state index contributed by atoms with van der Waals surface area (Å²) >= 11 is 0. The lowest BCUT2D eigenvalue weighted by Gasteiger charge is -2.43. The van der Waals surface area contributed by atoms with Crippen molar-refractivity contribution in [2.45, 2.75) is 31.7 Å². The second kappa shape index (κ2) is 9.13. The van der Waals surface area contributed by atoms with Crippen molar-refractivity contribution >= 4 is 11.6 Å². The summed E-state index contributed by atoms with van der Waals surface area (Å²) in [6, 6.07) is 23.5. The standard InChI is InChI=1S/C27H29N3O2/c31-26(22-11-5-2-6-12-22)28-24-13-14-25-23-16-21(18-30(25)27(24)32)17-29(19-23)15-7-10-20-8-3-1-4-9-20/h1-6,8-9,11-14,21,23H,7,10,15-19H2,(H,28,31)/t21-,23+/m0/s1. The normalized spacial score (nSPS) is 19.9. The van der Waals surface area contributed by atoms with E-state index in [-0.39, 0.29) is 11.5 Å². The van der Waals surface area contributed by atoms with Crippen molar-refractivity contribution in [3.05, 3.63) is 100.0 Å². The topological polar surface area (TPSA) is 54.3 Å². The first-order valence-corrected chi connectivity index (χ1v) is 11.5. The summed E-state index contributed by atoms with van der Waals surface area (Å²) in [6.45, 7) is 3.87. The molecule has 0 spiro atoms. The Bertz CT molecular complexity index is 1140. The lowest BCUT2D eigenvalue weighted by Crippen LogP contribution is -2.47. The number of amides is 1. The molecule has 5 nitrogen and oxygen atoms in total. The van der Waals surface area contributed by atoms with E-state index >= 15 is 0 Å². The largest absolute Gasteiger partial charge is 0.317 e. The Morgan fingerprint density at radius 1 is 0.906 bits per heavy atom. The Morgan fingerprint density at radius 2 is 1.66 bits per heavy atom. The van der Waals surface area contributed by atoms with Crippen LogP contribution in [0.15, 0.2) is 77.6 Å². The SMILES string of the molecule is O=C(Nc1ccc2n(c1=O)C[C@H]1C[C@@H]2CN(CCCc2ccccc2)C1)c1ccccc1. The third kappa shape index (κ3) is 4.39. The molecular formula is C27H29N3O2. The zero-order valence-electron chi connectivity index (χ0n) is 18.2. The first kappa shape index (κ1) is 20.7.